The van der Waals surface area contributed by atoms with Gasteiger partial charge in [0.15, 0.2) is 0 Å². The third kappa shape index (κ3) is 3.44. The summed E-state index contributed by atoms with van der Waals surface area (Å²) in [6.45, 7) is 5.16. The van der Waals surface area contributed by atoms with Gasteiger partial charge in [0.2, 0.25) is 0 Å². The van der Waals surface area contributed by atoms with Crippen LogP contribution in [0, 0.1) is 5.92 Å². The van der Waals surface area contributed by atoms with E-state index in [1.165, 1.54) is 51.7 Å². The standard InChI is InChI=1S/C12H24N2O/c15-10-11-3-2-7-14(9-11)8-5-12-4-1-6-13-12/h11-13,15H,1-10H2. The molecule has 0 aliphatic carbocycles. The van der Waals surface area contributed by atoms with E-state index in [1.807, 2.05) is 0 Å². The summed E-state index contributed by atoms with van der Waals surface area (Å²) in [7, 11) is 0. The first kappa shape index (κ1) is 11.4. The van der Waals surface area contributed by atoms with Gasteiger partial charge in [-0.15, -0.1) is 0 Å². The van der Waals surface area contributed by atoms with Gasteiger partial charge in [-0.05, 0) is 57.7 Å². The second kappa shape index (κ2) is 5.83. The SMILES string of the molecule is OCC1CCCN(CCC2CCCN2)C1. The molecule has 0 amide bonds. The van der Waals surface area contributed by atoms with E-state index >= 15 is 0 Å². The number of nitrogens with zero attached hydrogens (tertiary/aromatic N) is 1. The fraction of sp³-hybridized carbons (Fsp3) is 1.00. The Kier molecular flexibility index (Phi) is 4.42. The molecule has 2 aliphatic rings. The first-order chi connectivity index (χ1) is 7.38. The van der Waals surface area contributed by atoms with Crippen molar-refractivity contribution in [2.24, 2.45) is 5.92 Å². The average molecular weight is 212 g/mol. The highest BCUT2D eigenvalue weighted by Gasteiger charge is 2.20. The molecule has 88 valence electrons. The van der Waals surface area contributed by atoms with Crippen LogP contribution in [0.25, 0.3) is 0 Å². The van der Waals surface area contributed by atoms with Gasteiger partial charge in [-0.1, -0.05) is 0 Å². The van der Waals surface area contributed by atoms with Crippen molar-refractivity contribution in [2.45, 2.75) is 38.1 Å². The van der Waals surface area contributed by atoms with Crippen molar-refractivity contribution in [3.63, 3.8) is 0 Å². The van der Waals surface area contributed by atoms with Gasteiger partial charge in [-0.25, -0.2) is 0 Å². The van der Waals surface area contributed by atoms with E-state index in [0.717, 1.165) is 12.6 Å². The lowest BCUT2D eigenvalue weighted by Gasteiger charge is -2.32. The Bertz CT molecular complexity index is 180. The van der Waals surface area contributed by atoms with Crippen molar-refractivity contribution in [3.05, 3.63) is 0 Å². The summed E-state index contributed by atoms with van der Waals surface area (Å²) in [5, 5.41) is 12.7. The van der Waals surface area contributed by atoms with E-state index < -0.39 is 0 Å². The van der Waals surface area contributed by atoms with Crippen LogP contribution in [0.4, 0.5) is 0 Å². The van der Waals surface area contributed by atoms with Gasteiger partial charge >= 0.3 is 0 Å². The molecule has 15 heavy (non-hydrogen) atoms. The fourth-order valence-electron chi connectivity index (χ4n) is 2.84. The predicted octanol–water partition coefficient (Wildman–Crippen LogP) is 0.833. The molecule has 2 unspecified atom stereocenters. The first-order valence-electron chi connectivity index (χ1n) is 6.45. The van der Waals surface area contributed by atoms with Crippen LogP contribution in [0.3, 0.4) is 0 Å². The topological polar surface area (TPSA) is 35.5 Å². The van der Waals surface area contributed by atoms with E-state index in [9.17, 15) is 0 Å². The molecule has 0 radical (unpaired) electrons. The molecule has 0 saturated carbocycles. The number of aliphatic hydroxyl groups excluding tert-OH is 1. The Morgan fingerprint density at radius 1 is 1.27 bits per heavy atom. The van der Waals surface area contributed by atoms with Crippen LogP contribution >= 0.6 is 0 Å². The van der Waals surface area contributed by atoms with E-state index in [1.54, 1.807) is 0 Å². The number of hydrogen-bond donors (Lipinski definition) is 2. The van der Waals surface area contributed by atoms with Crippen molar-refractivity contribution >= 4 is 0 Å². The van der Waals surface area contributed by atoms with E-state index in [0.29, 0.717) is 12.5 Å². The third-order valence-electron chi connectivity index (χ3n) is 3.82. The van der Waals surface area contributed by atoms with Crippen molar-refractivity contribution in [3.8, 4) is 0 Å². The third-order valence-corrected chi connectivity index (χ3v) is 3.82. The Morgan fingerprint density at radius 2 is 2.20 bits per heavy atom. The number of piperidine rings is 1. The molecule has 3 heteroatoms. The predicted molar refractivity (Wildman–Crippen MR) is 61.9 cm³/mol. The Morgan fingerprint density at radius 3 is 2.93 bits per heavy atom. The maximum Gasteiger partial charge on any atom is 0.0471 e. The molecule has 2 heterocycles. The quantitative estimate of drug-likeness (QED) is 0.724. The van der Waals surface area contributed by atoms with E-state index in [-0.39, 0.29) is 0 Å². The molecule has 2 aliphatic heterocycles. The second-order valence-corrected chi connectivity index (χ2v) is 5.07. The monoisotopic (exact) mass is 212 g/mol. The lowest BCUT2D eigenvalue weighted by molar-refractivity contribution is 0.117. The molecule has 2 fully saturated rings. The normalized spacial score (nSPS) is 33.4. The van der Waals surface area contributed by atoms with Crippen molar-refractivity contribution in [1.82, 2.24) is 10.2 Å². The summed E-state index contributed by atoms with van der Waals surface area (Å²) in [6.07, 6.45) is 6.48. The molecular formula is C12H24N2O. The van der Waals surface area contributed by atoms with Crippen LogP contribution in [-0.2, 0) is 0 Å². The van der Waals surface area contributed by atoms with Crippen molar-refractivity contribution in [1.29, 1.82) is 0 Å². The molecular weight excluding hydrogens is 188 g/mol. The zero-order chi connectivity index (χ0) is 10.5. The maximum absolute atomic E-state index is 9.15. The maximum atomic E-state index is 9.15. The van der Waals surface area contributed by atoms with Crippen LogP contribution in [0.5, 0.6) is 0 Å². The summed E-state index contributed by atoms with van der Waals surface area (Å²) in [6, 6.07) is 0.763. The molecule has 2 N–H and O–H groups in total. The van der Waals surface area contributed by atoms with Gasteiger partial charge in [-0.3, -0.25) is 0 Å². The fourth-order valence-corrected chi connectivity index (χ4v) is 2.84. The Balaban J connectivity index is 1.65. The van der Waals surface area contributed by atoms with Gasteiger partial charge in [0.05, 0.1) is 0 Å². The van der Waals surface area contributed by atoms with Gasteiger partial charge < -0.3 is 15.3 Å². The highest BCUT2D eigenvalue weighted by molar-refractivity contribution is 4.78. The van der Waals surface area contributed by atoms with Gasteiger partial charge in [0.25, 0.3) is 0 Å². The number of nitrogens with one attached hydrogen (secondary N) is 1. The highest BCUT2D eigenvalue weighted by Crippen LogP contribution is 2.17. The zero-order valence-corrected chi connectivity index (χ0v) is 9.62. The minimum atomic E-state index is 0.373. The van der Waals surface area contributed by atoms with Crippen LogP contribution < -0.4 is 5.32 Å². The van der Waals surface area contributed by atoms with Gasteiger partial charge in [0, 0.05) is 19.2 Å². The lowest BCUT2D eigenvalue weighted by Crippen LogP contribution is -2.39. The van der Waals surface area contributed by atoms with Crippen LogP contribution in [0.2, 0.25) is 0 Å². The summed E-state index contributed by atoms with van der Waals surface area (Å²) in [5.41, 5.74) is 0. The van der Waals surface area contributed by atoms with Crippen LogP contribution in [-0.4, -0.2) is 48.8 Å². The van der Waals surface area contributed by atoms with Crippen molar-refractivity contribution in [2.75, 3.05) is 32.8 Å². The summed E-state index contributed by atoms with van der Waals surface area (Å²) >= 11 is 0. The minimum absolute atomic E-state index is 0.373. The lowest BCUT2D eigenvalue weighted by atomic mass is 9.98. The molecule has 0 aromatic carbocycles. The number of hydrogen-bond acceptors (Lipinski definition) is 3. The highest BCUT2D eigenvalue weighted by atomic mass is 16.3. The molecule has 3 nitrogen and oxygen atoms in total. The summed E-state index contributed by atoms with van der Waals surface area (Å²) in [5.74, 6) is 0.537. The first-order valence-corrected chi connectivity index (χ1v) is 6.45. The number of rotatable bonds is 4. The van der Waals surface area contributed by atoms with E-state index in [2.05, 4.69) is 10.2 Å². The molecule has 0 aromatic rings. The molecule has 2 saturated heterocycles. The van der Waals surface area contributed by atoms with Gasteiger partial charge in [-0.2, -0.15) is 0 Å². The molecule has 0 bridgehead atoms. The smallest absolute Gasteiger partial charge is 0.0471 e. The second-order valence-electron chi connectivity index (χ2n) is 5.07. The van der Waals surface area contributed by atoms with Crippen LogP contribution in [0.1, 0.15) is 32.1 Å². The Labute approximate surface area is 92.8 Å². The van der Waals surface area contributed by atoms with Gasteiger partial charge in [0.1, 0.15) is 0 Å². The molecule has 0 aromatic heterocycles. The van der Waals surface area contributed by atoms with Crippen LogP contribution in [0.15, 0.2) is 0 Å². The Hall–Kier alpha value is -0.120. The molecule has 0 spiro atoms. The number of likely N-dealkylation sites (tertiary alicyclic amines) is 1. The summed E-state index contributed by atoms with van der Waals surface area (Å²) in [4.78, 5) is 2.53. The molecule has 2 atom stereocenters. The summed E-state index contributed by atoms with van der Waals surface area (Å²) < 4.78 is 0. The van der Waals surface area contributed by atoms with E-state index in [4.69, 9.17) is 5.11 Å². The zero-order valence-electron chi connectivity index (χ0n) is 9.62. The average Bonchev–Trinajstić information content (AvgIpc) is 2.79. The minimum Gasteiger partial charge on any atom is -0.396 e. The largest absolute Gasteiger partial charge is 0.396 e. The number of aliphatic hydroxyl groups is 1. The molecule has 2 rings (SSSR count). The van der Waals surface area contributed by atoms with Crippen molar-refractivity contribution < 1.29 is 5.11 Å².